The number of fused-ring (bicyclic) bond motifs is 1. The number of carbonyl (C=O) groups is 2. The number of aryl methyl sites for hydroxylation is 1. The second-order valence-corrected chi connectivity index (χ2v) is 10.6. The van der Waals surface area contributed by atoms with E-state index in [-0.39, 0.29) is 11.5 Å². The summed E-state index contributed by atoms with van der Waals surface area (Å²) in [6.07, 6.45) is 5.04. The van der Waals surface area contributed by atoms with Gasteiger partial charge in [-0.15, -0.1) is 0 Å². The van der Waals surface area contributed by atoms with Crippen molar-refractivity contribution in [3.05, 3.63) is 95.2 Å². The van der Waals surface area contributed by atoms with Crippen molar-refractivity contribution in [2.45, 2.75) is 46.3 Å². The molecule has 0 radical (unpaired) electrons. The zero-order valence-corrected chi connectivity index (χ0v) is 23.6. The van der Waals surface area contributed by atoms with E-state index in [0.717, 1.165) is 34.9 Å². The standard InChI is InChI=1S/C32H35F3N4O2/c1-5-24(7-6-21(2)3)25-8-10-26(11-9-25)31(41)38-16-14-23(15-17-38)18-39-19-28-22(4)27(12-13-29(28)37-39)30(40)36-20-32(33,34)35/h5-13,19,23H,2,14-18,20H2,1,3-4H3,(H,36,40)/b7-6-,24-5+. The van der Waals surface area contributed by atoms with E-state index in [9.17, 15) is 22.8 Å². The number of rotatable bonds is 8. The molecule has 4 rings (SSSR count). The van der Waals surface area contributed by atoms with E-state index in [1.807, 2.05) is 77.4 Å². The van der Waals surface area contributed by atoms with E-state index < -0.39 is 18.6 Å². The molecule has 1 N–H and O–H groups in total. The molecule has 2 aromatic carbocycles. The number of likely N-dealkylation sites (tertiary alicyclic amines) is 1. The van der Waals surface area contributed by atoms with Crippen LogP contribution < -0.4 is 5.32 Å². The van der Waals surface area contributed by atoms with Crippen molar-refractivity contribution < 1.29 is 22.8 Å². The number of aromatic nitrogens is 2. The predicted molar refractivity (Wildman–Crippen MR) is 156 cm³/mol. The van der Waals surface area contributed by atoms with Crippen LogP contribution in [0.2, 0.25) is 0 Å². The Morgan fingerprint density at radius 1 is 1.07 bits per heavy atom. The Morgan fingerprint density at radius 3 is 2.34 bits per heavy atom. The highest BCUT2D eigenvalue weighted by atomic mass is 19.4. The molecule has 2 heterocycles. The third-order valence-corrected chi connectivity index (χ3v) is 7.37. The first-order valence-electron chi connectivity index (χ1n) is 13.7. The fourth-order valence-corrected chi connectivity index (χ4v) is 5.06. The van der Waals surface area contributed by atoms with Gasteiger partial charge < -0.3 is 10.2 Å². The fraction of sp³-hybridized carbons (Fsp3) is 0.344. The molecule has 9 heteroatoms. The molecule has 0 atom stereocenters. The molecular weight excluding hydrogens is 529 g/mol. The molecular formula is C32H35F3N4O2. The van der Waals surface area contributed by atoms with Crippen LogP contribution in [0.5, 0.6) is 0 Å². The lowest BCUT2D eigenvalue weighted by atomic mass is 9.96. The van der Waals surface area contributed by atoms with E-state index >= 15 is 0 Å². The number of hydrogen-bond acceptors (Lipinski definition) is 3. The van der Waals surface area contributed by atoms with Gasteiger partial charge in [0, 0.05) is 42.3 Å². The van der Waals surface area contributed by atoms with Crippen LogP contribution in [0.15, 0.2) is 73.0 Å². The minimum atomic E-state index is -4.47. The van der Waals surface area contributed by atoms with E-state index in [2.05, 4.69) is 11.7 Å². The number of nitrogens with one attached hydrogen (secondary N) is 1. The highest BCUT2D eigenvalue weighted by Gasteiger charge is 2.28. The van der Waals surface area contributed by atoms with Crippen LogP contribution in [0.25, 0.3) is 16.5 Å². The van der Waals surface area contributed by atoms with Crippen molar-refractivity contribution in [1.29, 1.82) is 0 Å². The van der Waals surface area contributed by atoms with Crippen LogP contribution in [-0.2, 0) is 6.54 Å². The summed E-state index contributed by atoms with van der Waals surface area (Å²) in [6.45, 7) is 10.1. The number of alkyl halides is 3. The molecule has 1 aliphatic rings. The monoisotopic (exact) mass is 564 g/mol. The van der Waals surface area contributed by atoms with Gasteiger partial charge in [0.15, 0.2) is 0 Å². The van der Waals surface area contributed by atoms with Gasteiger partial charge in [0.2, 0.25) is 0 Å². The summed E-state index contributed by atoms with van der Waals surface area (Å²) in [5.74, 6) is -0.419. The van der Waals surface area contributed by atoms with Gasteiger partial charge in [-0.25, -0.2) is 0 Å². The SMILES string of the molecule is C=C(C)/C=C\C(=C/C)c1ccc(C(=O)N2CCC(Cn3cc4c(C)c(C(=O)NCC(F)(F)F)ccc4n3)CC2)cc1. The number of piperidine rings is 1. The summed E-state index contributed by atoms with van der Waals surface area (Å²) in [4.78, 5) is 27.3. The highest BCUT2D eigenvalue weighted by Crippen LogP contribution is 2.25. The zero-order chi connectivity index (χ0) is 29.7. The van der Waals surface area contributed by atoms with Crippen molar-refractivity contribution in [2.75, 3.05) is 19.6 Å². The summed E-state index contributed by atoms with van der Waals surface area (Å²) in [7, 11) is 0. The smallest absolute Gasteiger partial charge is 0.343 e. The van der Waals surface area contributed by atoms with Gasteiger partial charge in [0.1, 0.15) is 6.54 Å². The average Bonchev–Trinajstić information content (AvgIpc) is 3.35. The van der Waals surface area contributed by atoms with E-state index in [4.69, 9.17) is 0 Å². The largest absolute Gasteiger partial charge is 0.405 e. The van der Waals surface area contributed by atoms with E-state index in [0.29, 0.717) is 42.2 Å². The Kier molecular flexibility index (Phi) is 9.15. The van der Waals surface area contributed by atoms with Crippen LogP contribution in [0, 0.1) is 12.8 Å². The molecule has 1 aromatic heterocycles. The molecule has 216 valence electrons. The minimum Gasteiger partial charge on any atom is -0.343 e. The topological polar surface area (TPSA) is 67.2 Å². The molecule has 0 spiro atoms. The number of halogens is 3. The highest BCUT2D eigenvalue weighted by molar-refractivity contribution is 6.00. The maximum atomic E-state index is 13.1. The first-order chi connectivity index (χ1) is 19.4. The van der Waals surface area contributed by atoms with Crippen molar-refractivity contribution in [3.8, 4) is 0 Å². The lowest BCUT2D eigenvalue weighted by molar-refractivity contribution is -0.123. The Labute approximate surface area is 238 Å². The van der Waals surface area contributed by atoms with Crippen LogP contribution in [0.1, 0.15) is 58.5 Å². The third kappa shape index (κ3) is 7.54. The lowest BCUT2D eigenvalue weighted by Crippen LogP contribution is -2.39. The Balaban J connectivity index is 1.35. The Bertz CT molecular complexity index is 1490. The van der Waals surface area contributed by atoms with Crippen molar-refractivity contribution in [2.24, 2.45) is 5.92 Å². The zero-order valence-electron chi connectivity index (χ0n) is 23.6. The number of carbonyl (C=O) groups excluding carboxylic acids is 2. The van der Waals surface area contributed by atoms with E-state index in [1.54, 1.807) is 13.0 Å². The predicted octanol–water partition coefficient (Wildman–Crippen LogP) is 6.72. The quantitative estimate of drug-likeness (QED) is 0.309. The summed E-state index contributed by atoms with van der Waals surface area (Å²) >= 11 is 0. The summed E-state index contributed by atoms with van der Waals surface area (Å²) < 4.78 is 39.4. The number of allylic oxidation sites excluding steroid dienone is 5. The molecule has 0 bridgehead atoms. The molecule has 1 fully saturated rings. The van der Waals surface area contributed by atoms with Gasteiger partial charge in [-0.1, -0.05) is 42.5 Å². The second-order valence-electron chi connectivity index (χ2n) is 10.6. The Hall–Kier alpha value is -4.14. The molecule has 1 saturated heterocycles. The number of benzene rings is 2. The van der Waals surface area contributed by atoms with Crippen LogP contribution in [0.4, 0.5) is 13.2 Å². The van der Waals surface area contributed by atoms with Crippen LogP contribution in [0.3, 0.4) is 0 Å². The van der Waals surface area contributed by atoms with Gasteiger partial charge in [0.25, 0.3) is 11.8 Å². The van der Waals surface area contributed by atoms with Crippen molar-refractivity contribution >= 4 is 28.3 Å². The molecule has 0 unspecified atom stereocenters. The number of hydrogen-bond donors (Lipinski definition) is 1. The maximum Gasteiger partial charge on any atom is 0.405 e. The van der Waals surface area contributed by atoms with Crippen LogP contribution >= 0.6 is 0 Å². The van der Waals surface area contributed by atoms with Crippen molar-refractivity contribution in [1.82, 2.24) is 20.0 Å². The lowest BCUT2D eigenvalue weighted by Gasteiger charge is -2.32. The van der Waals surface area contributed by atoms with Crippen LogP contribution in [-0.4, -0.2) is 52.3 Å². The van der Waals surface area contributed by atoms with E-state index in [1.165, 1.54) is 6.07 Å². The van der Waals surface area contributed by atoms with Gasteiger partial charge >= 0.3 is 6.18 Å². The molecule has 1 aliphatic heterocycles. The van der Waals surface area contributed by atoms with Gasteiger partial charge in [-0.05, 0) is 80.5 Å². The molecule has 0 aliphatic carbocycles. The average molecular weight is 565 g/mol. The first kappa shape index (κ1) is 29.8. The molecule has 41 heavy (non-hydrogen) atoms. The van der Waals surface area contributed by atoms with Crippen molar-refractivity contribution in [3.63, 3.8) is 0 Å². The molecule has 0 saturated carbocycles. The number of amides is 2. The molecule has 3 aromatic rings. The second kappa shape index (κ2) is 12.6. The minimum absolute atomic E-state index is 0.0197. The summed E-state index contributed by atoms with van der Waals surface area (Å²) in [5.41, 5.74) is 5.21. The fourth-order valence-electron chi connectivity index (χ4n) is 5.06. The first-order valence-corrected chi connectivity index (χ1v) is 13.7. The van der Waals surface area contributed by atoms with Gasteiger partial charge in [-0.3, -0.25) is 14.3 Å². The summed E-state index contributed by atoms with van der Waals surface area (Å²) in [5, 5.41) is 7.28. The van der Waals surface area contributed by atoms with Gasteiger partial charge in [0.05, 0.1) is 5.52 Å². The summed E-state index contributed by atoms with van der Waals surface area (Å²) in [6, 6.07) is 10.8. The molecule has 2 amide bonds. The Morgan fingerprint density at radius 2 is 1.73 bits per heavy atom. The third-order valence-electron chi connectivity index (χ3n) is 7.37. The number of nitrogens with zero attached hydrogens (tertiary/aromatic N) is 3. The van der Waals surface area contributed by atoms with Gasteiger partial charge in [-0.2, -0.15) is 18.3 Å². The maximum absolute atomic E-state index is 13.1. The normalized spacial score (nSPS) is 15.1. The molecule has 6 nitrogen and oxygen atoms in total.